The smallest absolute Gasteiger partial charge is 0.198 e. The van der Waals surface area contributed by atoms with E-state index >= 15 is 0 Å². The van der Waals surface area contributed by atoms with Crippen LogP contribution in [0.1, 0.15) is 5.56 Å². The molecule has 0 saturated heterocycles. The van der Waals surface area contributed by atoms with Gasteiger partial charge in [-0.25, -0.2) is 4.98 Å². The molecular formula is C12H8BrClN4. The molecule has 3 aromatic rings. The predicted octanol–water partition coefficient (Wildman–Crippen LogP) is 3.52. The summed E-state index contributed by atoms with van der Waals surface area (Å²) in [4.78, 5) is 3.98. The average molecular weight is 324 g/mol. The maximum absolute atomic E-state index is 5.97. The molecule has 6 heteroatoms. The van der Waals surface area contributed by atoms with Crippen LogP contribution in [0.2, 0.25) is 5.15 Å². The largest absolute Gasteiger partial charge is 0.278 e. The number of benzene rings is 1. The standard InChI is InChI=1S/C12H8BrClN4/c1-7-2-3-8(6-9(7)13)11-16-17-12-10(14)15-4-5-18(11)12/h2-6H,1H3. The molecule has 0 N–H and O–H groups in total. The van der Waals surface area contributed by atoms with Crippen molar-refractivity contribution < 1.29 is 0 Å². The van der Waals surface area contributed by atoms with Crippen LogP contribution in [0.3, 0.4) is 0 Å². The number of aryl methyl sites for hydroxylation is 1. The summed E-state index contributed by atoms with van der Waals surface area (Å²) in [5.41, 5.74) is 2.71. The predicted molar refractivity (Wildman–Crippen MR) is 73.7 cm³/mol. The Balaban J connectivity index is 2.25. The summed E-state index contributed by atoms with van der Waals surface area (Å²) < 4.78 is 2.86. The van der Waals surface area contributed by atoms with Crippen molar-refractivity contribution in [1.82, 2.24) is 19.6 Å². The van der Waals surface area contributed by atoms with Crippen LogP contribution in [0.25, 0.3) is 17.0 Å². The van der Waals surface area contributed by atoms with Gasteiger partial charge in [-0.2, -0.15) is 0 Å². The molecule has 0 unspecified atom stereocenters. The van der Waals surface area contributed by atoms with E-state index in [1.807, 2.05) is 29.5 Å². The van der Waals surface area contributed by atoms with Crippen LogP contribution < -0.4 is 0 Å². The van der Waals surface area contributed by atoms with Gasteiger partial charge in [0.15, 0.2) is 16.6 Å². The summed E-state index contributed by atoms with van der Waals surface area (Å²) in [6.07, 6.45) is 3.43. The lowest BCUT2D eigenvalue weighted by atomic mass is 10.1. The van der Waals surface area contributed by atoms with Gasteiger partial charge in [0.05, 0.1) is 0 Å². The zero-order valence-electron chi connectivity index (χ0n) is 9.43. The third-order valence-corrected chi connectivity index (χ3v) is 3.83. The maximum atomic E-state index is 5.97. The van der Waals surface area contributed by atoms with Crippen molar-refractivity contribution in [2.45, 2.75) is 6.92 Å². The Kier molecular flexibility index (Phi) is 2.80. The van der Waals surface area contributed by atoms with Gasteiger partial charge in [0.2, 0.25) is 0 Å². The van der Waals surface area contributed by atoms with Gasteiger partial charge in [-0.05, 0) is 18.6 Å². The van der Waals surface area contributed by atoms with Gasteiger partial charge >= 0.3 is 0 Å². The van der Waals surface area contributed by atoms with Gasteiger partial charge in [-0.1, -0.05) is 39.7 Å². The third-order valence-electron chi connectivity index (χ3n) is 2.71. The molecule has 0 aliphatic rings. The van der Waals surface area contributed by atoms with Gasteiger partial charge in [-0.3, -0.25) is 4.40 Å². The minimum absolute atomic E-state index is 0.349. The first-order valence-corrected chi connectivity index (χ1v) is 6.45. The third kappa shape index (κ3) is 1.79. The van der Waals surface area contributed by atoms with Crippen molar-refractivity contribution in [3.05, 3.63) is 45.8 Å². The number of nitrogens with zero attached hydrogens (tertiary/aromatic N) is 4. The highest BCUT2D eigenvalue weighted by Crippen LogP contribution is 2.25. The number of rotatable bonds is 1. The van der Waals surface area contributed by atoms with Gasteiger partial charge in [-0.15, -0.1) is 10.2 Å². The second kappa shape index (κ2) is 4.33. The first kappa shape index (κ1) is 11.6. The summed E-state index contributed by atoms with van der Waals surface area (Å²) in [6.45, 7) is 2.04. The summed E-state index contributed by atoms with van der Waals surface area (Å²) in [5, 5.41) is 8.56. The van der Waals surface area contributed by atoms with Crippen LogP contribution in [0, 0.1) is 6.92 Å². The molecule has 18 heavy (non-hydrogen) atoms. The number of hydrogen-bond acceptors (Lipinski definition) is 3. The van der Waals surface area contributed by atoms with E-state index in [0.717, 1.165) is 15.9 Å². The summed E-state index contributed by atoms with van der Waals surface area (Å²) in [5.74, 6) is 0.745. The van der Waals surface area contributed by atoms with Crippen LogP contribution in [0.4, 0.5) is 0 Å². The summed E-state index contributed by atoms with van der Waals surface area (Å²) >= 11 is 9.48. The second-order valence-electron chi connectivity index (χ2n) is 3.90. The van der Waals surface area contributed by atoms with Crippen LogP contribution in [-0.4, -0.2) is 19.6 Å². The van der Waals surface area contributed by atoms with E-state index in [1.165, 1.54) is 5.56 Å². The average Bonchev–Trinajstić information content (AvgIpc) is 2.78. The van der Waals surface area contributed by atoms with Crippen molar-refractivity contribution in [3.8, 4) is 11.4 Å². The van der Waals surface area contributed by atoms with Crippen molar-refractivity contribution in [1.29, 1.82) is 0 Å². The Hall–Kier alpha value is -1.46. The molecule has 0 amide bonds. The Morgan fingerprint density at radius 2 is 2.11 bits per heavy atom. The van der Waals surface area contributed by atoms with Crippen molar-refractivity contribution in [2.75, 3.05) is 0 Å². The monoisotopic (exact) mass is 322 g/mol. The Morgan fingerprint density at radius 1 is 1.28 bits per heavy atom. The molecule has 0 bridgehead atoms. The van der Waals surface area contributed by atoms with Crippen molar-refractivity contribution >= 4 is 33.2 Å². The zero-order chi connectivity index (χ0) is 12.7. The molecule has 0 fully saturated rings. The lowest BCUT2D eigenvalue weighted by Crippen LogP contribution is -1.91. The molecule has 3 rings (SSSR count). The van der Waals surface area contributed by atoms with E-state index in [-0.39, 0.29) is 0 Å². The molecular weight excluding hydrogens is 316 g/mol. The minimum Gasteiger partial charge on any atom is -0.278 e. The number of fused-ring (bicyclic) bond motifs is 1. The number of halogens is 2. The van der Waals surface area contributed by atoms with E-state index in [2.05, 4.69) is 31.1 Å². The first-order chi connectivity index (χ1) is 8.66. The molecule has 2 heterocycles. The molecule has 0 atom stereocenters. The molecule has 0 aliphatic heterocycles. The van der Waals surface area contributed by atoms with Gasteiger partial charge in [0.1, 0.15) is 0 Å². The maximum Gasteiger partial charge on any atom is 0.198 e. The molecule has 0 radical (unpaired) electrons. The van der Waals surface area contributed by atoms with Crippen molar-refractivity contribution in [2.24, 2.45) is 0 Å². The SMILES string of the molecule is Cc1ccc(-c2nnc3c(Cl)nccn23)cc1Br. The number of hydrogen-bond donors (Lipinski definition) is 0. The summed E-state index contributed by atoms with van der Waals surface area (Å²) in [6, 6.07) is 6.05. The van der Waals surface area contributed by atoms with Crippen molar-refractivity contribution in [3.63, 3.8) is 0 Å². The lowest BCUT2D eigenvalue weighted by molar-refractivity contribution is 1.11. The van der Waals surface area contributed by atoms with Gasteiger partial charge in [0.25, 0.3) is 0 Å². The van der Waals surface area contributed by atoms with Gasteiger partial charge < -0.3 is 0 Å². The second-order valence-corrected chi connectivity index (χ2v) is 5.11. The fourth-order valence-electron chi connectivity index (χ4n) is 1.73. The van der Waals surface area contributed by atoms with E-state index in [9.17, 15) is 0 Å². The first-order valence-electron chi connectivity index (χ1n) is 5.28. The quantitative estimate of drug-likeness (QED) is 0.688. The minimum atomic E-state index is 0.349. The van der Waals surface area contributed by atoms with E-state index in [0.29, 0.717) is 10.8 Å². The molecule has 0 aliphatic carbocycles. The Labute approximate surface area is 117 Å². The highest BCUT2D eigenvalue weighted by Gasteiger charge is 2.11. The van der Waals surface area contributed by atoms with Crippen LogP contribution >= 0.6 is 27.5 Å². The van der Waals surface area contributed by atoms with Gasteiger partial charge in [0, 0.05) is 22.4 Å². The van der Waals surface area contributed by atoms with E-state index < -0.39 is 0 Å². The molecule has 2 aromatic heterocycles. The normalized spacial score (nSPS) is 11.1. The molecule has 4 nitrogen and oxygen atoms in total. The lowest BCUT2D eigenvalue weighted by Gasteiger charge is -2.03. The molecule has 0 spiro atoms. The fraction of sp³-hybridized carbons (Fsp3) is 0.0833. The van der Waals surface area contributed by atoms with Crippen LogP contribution in [-0.2, 0) is 0 Å². The van der Waals surface area contributed by atoms with E-state index in [1.54, 1.807) is 12.4 Å². The molecule has 1 aromatic carbocycles. The topological polar surface area (TPSA) is 43.1 Å². The Bertz CT molecular complexity index is 738. The molecule has 0 saturated carbocycles. The zero-order valence-corrected chi connectivity index (χ0v) is 11.8. The molecule has 90 valence electrons. The van der Waals surface area contributed by atoms with Crippen LogP contribution in [0.5, 0.6) is 0 Å². The Morgan fingerprint density at radius 3 is 2.89 bits per heavy atom. The number of aromatic nitrogens is 4. The fourth-order valence-corrected chi connectivity index (χ4v) is 2.29. The van der Waals surface area contributed by atoms with Crippen LogP contribution in [0.15, 0.2) is 35.1 Å². The van der Waals surface area contributed by atoms with E-state index in [4.69, 9.17) is 11.6 Å². The highest BCUT2D eigenvalue weighted by molar-refractivity contribution is 9.10. The highest BCUT2D eigenvalue weighted by atomic mass is 79.9. The summed E-state index contributed by atoms with van der Waals surface area (Å²) in [7, 11) is 0.